The van der Waals surface area contributed by atoms with Gasteiger partial charge in [0.25, 0.3) is 0 Å². The minimum atomic E-state index is 0.981. The van der Waals surface area contributed by atoms with Crippen LogP contribution in [0.15, 0.2) is 0 Å². The van der Waals surface area contributed by atoms with Crippen LogP contribution in [-0.4, -0.2) is 23.5 Å². The maximum Gasteiger partial charge on any atom is 0.239 e. The fourth-order valence-electron chi connectivity index (χ4n) is 1.25. The van der Waals surface area contributed by atoms with Gasteiger partial charge in [-0.3, -0.25) is 10.3 Å². The predicted octanol–water partition coefficient (Wildman–Crippen LogP) is 0.560. The number of piperidine rings is 1. The van der Waals surface area contributed by atoms with Gasteiger partial charge in [-0.1, -0.05) is 0 Å². The molecule has 52 valence electrons. The number of nitrogens with two attached hydrogens (primary N) is 1. The molecule has 0 unspecified atom stereocenters. The summed E-state index contributed by atoms with van der Waals surface area (Å²) in [5.74, 6) is 0.981. The molecule has 0 aromatic heterocycles. The number of nitrogens with zero attached hydrogens (tertiary/aromatic N) is 1. The first kappa shape index (κ1) is 6.59. The third-order valence-corrected chi connectivity index (χ3v) is 1.85. The average Bonchev–Trinajstić information content (AvgIpc) is 1.90. The van der Waals surface area contributed by atoms with Crippen molar-refractivity contribution < 1.29 is 4.58 Å². The molecule has 1 heterocycles. The van der Waals surface area contributed by atoms with Crippen molar-refractivity contribution in [2.24, 2.45) is 5.73 Å². The van der Waals surface area contributed by atoms with Gasteiger partial charge >= 0.3 is 0 Å². The summed E-state index contributed by atoms with van der Waals surface area (Å²) in [5.41, 5.74) is 5.61. The first-order chi connectivity index (χ1) is 4.30. The Morgan fingerprint density at radius 1 is 1.22 bits per heavy atom. The van der Waals surface area contributed by atoms with Crippen LogP contribution in [0.3, 0.4) is 0 Å². The van der Waals surface area contributed by atoms with Gasteiger partial charge in [0, 0.05) is 6.92 Å². The number of hydrogen-bond donors (Lipinski definition) is 1. The molecule has 0 spiro atoms. The van der Waals surface area contributed by atoms with Gasteiger partial charge in [-0.2, -0.15) is 0 Å². The van der Waals surface area contributed by atoms with Crippen molar-refractivity contribution in [1.82, 2.24) is 0 Å². The van der Waals surface area contributed by atoms with Gasteiger partial charge < -0.3 is 0 Å². The Bertz CT molecular complexity index is 115. The standard InChI is InChI=1S/C7H14N2/c1-7(8)9-5-3-2-4-6-9/h8H,2-6H2,1H3/p+1. The maximum absolute atomic E-state index is 5.61. The SMILES string of the molecule is CC(N)=[N+]1CCCCC1. The van der Waals surface area contributed by atoms with Crippen LogP contribution in [-0.2, 0) is 0 Å². The lowest BCUT2D eigenvalue weighted by Gasteiger charge is -2.12. The van der Waals surface area contributed by atoms with E-state index in [2.05, 4.69) is 4.58 Å². The summed E-state index contributed by atoms with van der Waals surface area (Å²) >= 11 is 0. The molecule has 9 heavy (non-hydrogen) atoms. The molecule has 1 aliphatic heterocycles. The molecule has 1 saturated heterocycles. The molecule has 0 aromatic rings. The van der Waals surface area contributed by atoms with E-state index in [4.69, 9.17) is 5.73 Å². The van der Waals surface area contributed by atoms with E-state index >= 15 is 0 Å². The topological polar surface area (TPSA) is 29.0 Å². The molecule has 0 aliphatic carbocycles. The normalized spacial score (nSPS) is 19.9. The summed E-state index contributed by atoms with van der Waals surface area (Å²) in [4.78, 5) is 0. The number of amidine groups is 1. The quantitative estimate of drug-likeness (QED) is 0.374. The second-order valence-corrected chi connectivity index (χ2v) is 2.69. The highest BCUT2D eigenvalue weighted by Gasteiger charge is 2.08. The van der Waals surface area contributed by atoms with Gasteiger partial charge in [0.05, 0.1) is 13.1 Å². The Kier molecular flexibility index (Phi) is 2.09. The maximum atomic E-state index is 5.61. The molecule has 0 atom stereocenters. The highest BCUT2D eigenvalue weighted by molar-refractivity contribution is 5.72. The van der Waals surface area contributed by atoms with E-state index < -0.39 is 0 Å². The minimum Gasteiger partial charge on any atom is -0.291 e. The van der Waals surface area contributed by atoms with E-state index in [1.807, 2.05) is 6.92 Å². The summed E-state index contributed by atoms with van der Waals surface area (Å²) in [5, 5.41) is 0. The minimum absolute atomic E-state index is 0.981. The molecular formula is C7H15N2+. The summed E-state index contributed by atoms with van der Waals surface area (Å²) in [6.07, 6.45) is 4.01. The lowest BCUT2D eigenvalue weighted by atomic mass is 10.2. The van der Waals surface area contributed by atoms with E-state index in [-0.39, 0.29) is 0 Å². The monoisotopic (exact) mass is 127 g/mol. The third kappa shape index (κ3) is 1.70. The van der Waals surface area contributed by atoms with Crippen LogP contribution in [0.1, 0.15) is 26.2 Å². The first-order valence-corrected chi connectivity index (χ1v) is 3.64. The van der Waals surface area contributed by atoms with Gasteiger partial charge in [0.2, 0.25) is 5.84 Å². The Morgan fingerprint density at radius 2 is 1.78 bits per heavy atom. The van der Waals surface area contributed by atoms with Crippen molar-refractivity contribution in [2.45, 2.75) is 26.2 Å². The molecule has 1 rings (SSSR count). The molecule has 0 saturated carbocycles. The van der Waals surface area contributed by atoms with Crippen LogP contribution >= 0.6 is 0 Å². The second-order valence-electron chi connectivity index (χ2n) is 2.69. The zero-order valence-electron chi connectivity index (χ0n) is 6.06. The summed E-state index contributed by atoms with van der Waals surface area (Å²) in [7, 11) is 0. The van der Waals surface area contributed by atoms with Crippen LogP contribution < -0.4 is 5.73 Å². The van der Waals surface area contributed by atoms with E-state index in [1.165, 1.54) is 32.4 Å². The summed E-state index contributed by atoms with van der Waals surface area (Å²) in [6, 6.07) is 0. The largest absolute Gasteiger partial charge is 0.291 e. The average molecular weight is 127 g/mol. The van der Waals surface area contributed by atoms with Crippen molar-refractivity contribution >= 4 is 5.84 Å². The van der Waals surface area contributed by atoms with Crippen LogP contribution in [0.4, 0.5) is 0 Å². The Hall–Kier alpha value is -0.530. The second kappa shape index (κ2) is 2.85. The van der Waals surface area contributed by atoms with Crippen molar-refractivity contribution in [3.63, 3.8) is 0 Å². The molecule has 2 N–H and O–H groups in total. The lowest BCUT2D eigenvalue weighted by Crippen LogP contribution is -2.30. The summed E-state index contributed by atoms with van der Waals surface area (Å²) < 4.78 is 2.25. The predicted molar refractivity (Wildman–Crippen MR) is 38.7 cm³/mol. The first-order valence-electron chi connectivity index (χ1n) is 3.64. The van der Waals surface area contributed by atoms with E-state index in [1.54, 1.807) is 0 Å². The van der Waals surface area contributed by atoms with Crippen LogP contribution in [0.5, 0.6) is 0 Å². The van der Waals surface area contributed by atoms with Gasteiger partial charge in [-0.15, -0.1) is 0 Å². The third-order valence-electron chi connectivity index (χ3n) is 1.85. The zero-order valence-corrected chi connectivity index (χ0v) is 6.06. The van der Waals surface area contributed by atoms with Gasteiger partial charge in [-0.05, 0) is 19.3 Å². The van der Waals surface area contributed by atoms with Crippen molar-refractivity contribution in [1.29, 1.82) is 0 Å². The van der Waals surface area contributed by atoms with Crippen LogP contribution in [0, 0.1) is 0 Å². The zero-order chi connectivity index (χ0) is 6.69. The fraction of sp³-hybridized carbons (Fsp3) is 0.857. The van der Waals surface area contributed by atoms with Crippen molar-refractivity contribution in [2.75, 3.05) is 13.1 Å². The lowest BCUT2D eigenvalue weighted by molar-refractivity contribution is -0.538. The molecular weight excluding hydrogens is 112 g/mol. The van der Waals surface area contributed by atoms with Gasteiger partial charge in [-0.25, -0.2) is 0 Å². The highest BCUT2D eigenvalue weighted by Crippen LogP contribution is 2.03. The number of hydrogen-bond acceptors (Lipinski definition) is 0. The van der Waals surface area contributed by atoms with Gasteiger partial charge in [0.1, 0.15) is 0 Å². The smallest absolute Gasteiger partial charge is 0.239 e. The molecule has 0 aromatic carbocycles. The number of rotatable bonds is 0. The Morgan fingerprint density at radius 3 is 2.11 bits per heavy atom. The van der Waals surface area contributed by atoms with E-state index in [0.29, 0.717) is 0 Å². The molecule has 0 bridgehead atoms. The Labute approximate surface area is 56.4 Å². The van der Waals surface area contributed by atoms with E-state index in [0.717, 1.165) is 5.84 Å². The van der Waals surface area contributed by atoms with Crippen LogP contribution in [0.25, 0.3) is 0 Å². The highest BCUT2D eigenvalue weighted by atomic mass is 15.1. The Balaban J connectivity index is 2.49. The molecule has 1 aliphatic rings. The van der Waals surface area contributed by atoms with Gasteiger partial charge in [0.15, 0.2) is 0 Å². The molecule has 2 heteroatoms. The molecule has 0 amide bonds. The van der Waals surface area contributed by atoms with Crippen LogP contribution in [0.2, 0.25) is 0 Å². The molecule has 2 nitrogen and oxygen atoms in total. The molecule has 1 fully saturated rings. The van der Waals surface area contributed by atoms with Crippen molar-refractivity contribution in [3.8, 4) is 0 Å². The molecule has 0 radical (unpaired) electrons. The van der Waals surface area contributed by atoms with E-state index in [9.17, 15) is 0 Å². The van der Waals surface area contributed by atoms with Crippen molar-refractivity contribution in [3.05, 3.63) is 0 Å². The summed E-state index contributed by atoms with van der Waals surface area (Å²) in [6.45, 7) is 4.32. The fourth-order valence-corrected chi connectivity index (χ4v) is 1.25.